The topological polar surface area (TPSA) is 72.2 Å². The van der Waals surface area contributed by atoms with Gasteiger partial charge in [-0.15, -0.1) is 0 Å². The Balaban J connectivity index is 2.44. The number of aryl methyl sites for hydroxylation is 1. The average Bonchev–Trinajstić information content (AvgIpc) is 2.77. The van der Waals surface area contributed by atoms with E-state index in [0.29, 0.717) is 0 Å². The first-order chi connectivity index (χ1) is 8.41. The summed E-state index contributed by atoms with van der Waals surface area (Å²) < 4.78 is 24.2. The fourth-order valence-electron chi connectivity index (χ4n) is 1.64. The molecule has 6 heteroatoms. The third kappa shape index (κ3) is 2.44. The van der Waals surface area contributed by atoms with Gasteiger partial charge in [-0.2, -0.15) is 5.10 Å². The highest BCUT2D eigenvalue weighted by Crippen LogP contribution is 2.16. The van der Waals surface area contributed by atoms with Crippen LogP contribution in [0, 0.1) is 6.92 Å². The van der Waals surface area contributed by atoms with E-state index in [4.69, 9.17) is 5.11 Å². The molecule has 0 spiro atoms. The Morgan fingerprint density at radius 3 is 2.61 bits per heavy atom. The van der Waals surface area contributed by atoms with Crippen LogP contribution in [0.3, 0.4) is 0 Å². The minimum Gasteiger partial charge on any atom is -0.392 e. The average molecular weight is 266 g/mol. The number of aliphatic hydroxyl groups excluding tert-OH is 1. The van der Waals surface area contributed by atoms with Crippen LogP contribution < -0.4 is 0 Å². The molecule has 2 aromatic rings. The molecule has 0 atom stereocenters. The molecule has 0 aliphatic rings. The summed E-state index contributed by atoms with van der Waals surface area (Å²) in [6.45, 7) is 1.87. The Kier molecular flexibility index (Phi) is 3.23. The minimum absolute atomic E-state index is 0.0141. The monoisotopic (exact) mass is 266 g/mol. The van der Waals surface area contributed by atoms with Crippen LogP contribution in [0.2, 0.25) is 0 Å². The van der Waals surface area contributed by atoms with Gasteiger partial charge < -0.3 is 5.11 Å². The highest BCUT2D eigenvalue weighted by atomic mass is 32.2. The molecule has 2 rings (SSSR count). The summed E-state index contributed by atoms with van der Waals surface area (Å²) in [5.74, 6) is 0. The van der Waals surface area contributed by atoms with Crippen LogP contribution >= 0.6 is 0 Å². The second-order valence-electron chi connectivity index (χ2n) is 4.16. The van der Waals surface area contributed by atoms with Crippen molar-refractivity contribution in [2.75, 3.05) is 6.26 Å². The van der Waals surface area contributed by atoms with E-state index in [1.165, 1.54) is 17.1 Å². The lowest BCUT2D eigenvalue weighted by Gasteiger charge is -2.06. The lowest BCUT2D eigenvalue weighted by molar-refractivity contribution is 0.281. The first kappa shape index (κ1) is 12.8. The summed E-state index contributed by atoms with van der Waals surface area (Å²) in [4.78, 5) is 0.186. The lowest BCUT2D eigenvalue weighted by Crippen LogP contribution is -1.98. The van der Waals surface area contributed by atoms with Gasteiger partial charge in [-0.3, -0.25) is 0 Å². The normalized spacial score (nSPS) is 11.7. The van der Waals surface area contributed by atoms with Crippen LogP contribution in [0.15, 0.2) is 35.5 Å². The number of aliphatic hydroxyl groups is 1. The Bertz CT molecular complexity index is 674. The fourth-order valence-corrected chi connectivity index (χ4v) is 2.17. The number of sulfone groups is 1. The van der Waals surface area contributed by atoms with E-state index < -0.39 is 9.84 Å². The number of hydrogen-bond acceptors (Lipinski definition) is 4. The zero-order valence-electron chi connectivity index (χ0n) is 10.2. The maximum Gasteiger partial charge on any atom is 0.178 e. The molecule has 1 N–H and O–H groups in total. The first-order valence-corrected chi connectivity index (χ1v) is 7.26. The zero-order chi connectivity index (χ0) is 13.3. The van der Waals surface area contributed by atoms with Gasteiger partial charge in [0.1, 0.15) is 4.90 Å². The summed E-state index contributed by atoms with van der Waals surface area (Å²) in [5, 5.41) is 13.1. The lowest BCUT2D eigenvalue weighted by atomic mass is 10.1. The van der Waals surface area contributed by atoms with Gasteiger partial charge in [-0.25, -0.2) is 13.1 Å². The van der Waals surface area contributed by atoms with E-state index in [0.717, 1.165) is 23.1 Å². The molecule has 0 amide bonds. The van der Waals surface area contributed by atoms with E-state index in [1.54, 1.807) is 12.1 Å². The van der Waals surface area contributed by atoms with Crippen molar-refractivity contribution in [3.05, 3.63) is 41.7 Å². The molecule has 0 radical (unpaired) electrons. The van der Waals surface area contributed by atoms with Gasteiger partial charge in [-0.1, -0.05) is 6.07 Å². The second kappa shape index (κ2) is 4.55. The summed E-state index contributed by atoms with van der Waals surface area (Å²) in [6.07, 6.45) is 3.95. The van der Waals surface area contributed by atoms with Crippen LogP contribution in [-0.4, -0.2) is 29.6 Å². The van der Waals surface area contributed by atoms with Crippen molar-refractivity contribution in [2.24, 2.45) is 0 Å². The molecular formula is C12H14N2O3S. The molecule has 0 fully saturated rings. The van der Waals surface area contributed by atoms with Crippen molar-refractivity contribution in [3.63, 3.8) is 0 Å². The standard InChI is InChI=1S/C12H14N2O3S/c1-9-5-11(4-3-10(9)8-15)14-7-12(6-13-14)18(2,16)17/h3-7,15H,8H2,1-2H3. The number of rotatable bonds is 3. The molecule has 0 unspecified atom stereocenters. The smallest absolute Gasteiger partial charge is 0.178 e. The Morgan fingerprint density at radius 1 is 1.39 bits per heavy atom. The van der Waals surface area contributed by atoms with Gasteiger partial charge in [0, 0.05) is 12.5 Å². The van der Waals surface area contributed by atoms with Crippen LogP contribution in [0.1, 0.15) is 11.1 Å². The molecule has 0 saturated carbocycles. The van der Waals surface area contributed by atoms with Gasteiger partial charge in [0.2, 0.25) is 0 Å². The number of aromatic nitrogens is 2. The number of nitrogens with zero attached hydrogens (tertiary/aromatic N) is 2. The maximum absolute atomic E-state index is 11.4. The largest absolute Gasteiger partial charge is 0.392 e. The molecular weight excluding hydrogens is 252 g/mol. The van der Waals surface area contributed by atoms with E-state index in [-0.39, 0.29) is 11.5 Å². The SMILES string of the molecule is Cc1cc(-n2cc(S(C)(=O)=O)cn2)ccc1CO. The van der Waals surface area contributed by atoms with Gasteiger partial charge in [0.05, 0.1) is 18.5 Å². The minimum atomic E-state index is -3.24. The molecule has 18 heavy (non-hydrogen) atoms. The van der Waals surface area contributed by atoms with Crippen LogP contribution in [0.25, 0.3) is 5.69 Å². The van der Waals surface area contributed by atoms with Gasteiger partial charge in [0.15, 0.2) is 9.84 Å². The van der Waals surface area contributed by atoms with Gasteiger partial charge in [-0.05, 0) is 30.2 Å². The molecule has 96 valence electrons. The van der Waals surface area contributed by atoms with Crippen molar-refractivity contribution >= 4 is 9.84 Å². The summed E-state index contributed by atoms with van der Waals surface area (Å²) in [7, 11) is -3.24. The second-order valence-corrected chi connectivity index (χ2v) is 6.18. The Morgan fingerprint density at radius 2 is 2.11 bits per heavy atom. The molecule has 5 nitrogen and oxygen atoms in total. The Labute approximate surface area is 106 Å². The van der Waals surface area contributed by atoms with Gasteiger partial charge >= 0.3 is 0 Å². The maximum atomic E-state index is 11.4. The van der Waals surface area contributed by atoms with Crippen molar-refractivity contribution < 1.29 is 13.5 Å². The Hall–Kier alpha value is -1.66. The third-order valence-corrected chi connectivity index (χ3v) is 3.82. The molecule has 0 saturated heterocycles. The van der Waals surface area contributed by atoms with Gasteiger partial charge in [0.25, 0.3) is 0 Å². The van der Waals surface area contributed by atoms with Crippen LogP contribution in [0.5, 0.6) is 0 Å². The quantitative estimate of drug-likeness (QED) is 0.902. The zero-order valence-corrected chi connectivity index (χ0v) is 11.0. The van der Waals surface area contributed by atoms with E-state index in [2.05, 4.69) is 5.10 Å². The predicted molar refractivity (Wildman–Crippen MR) is 67.3 cm³/mol. The fraction of sp³-hybridized carbons (Fsp3) is 0.250. The summed E-state index contributed by atoms with van der Waals surface area (Å²) >= 11 is 0. The highest BCUT2D eigenvalue weighted by molar-refractivity contribution is 7.90. The van der Waals surface area contributed by atoms with Crippen molar-refractivity contribution in [1.82, 2.24) is 9.78 Å². The first-order valence-electron chi connectivity index (χ1n) is 5.37. The predicted octanol–water partition coefficient (Wildman–Crippen LogP) is 1.08. The van der Waals surface area contributed by atoms with Crippen molar-refractivity contribution in [3.8, 4) is 5.69 Å². The van der Waals surface area contributed by atoms with E-state index in [1.807, 2.05) is 13.0 Å². The number of benzene rings is 1. The molecule has 1 heterocycles. The van der Waals surface area contributed by atoms with E-state index in [9.17, 15) is 8.42 Å². The van der Waals surface area contributed by atoms with Crippen molar-refractivity contribution in [2.45, 2.75) is 18.4 Å². The summed E-state index contributed by atoms with van der Waals surface area (Å²) in [6, 6.07) is 5.44. The van der Waals surface area contributed by atoms with Crippen molar-refractivity contribution in [1.29, 1.82) is 0 Å². The highest BCUT2D eigenvalue weighted by Gasteiger charge is 2.11. The van der Waals surface area contributed by atoms with Crippen LogP contribution in [0.4, 0.5) is 0 Å². The molecule has 0 bridgehead atoms. The number of hydrogen-bond donors (Lipinski definition) is 1. The van der Waals surface area contributed by atoms with Crippen LogP contribution in [-0.2, 0) is 16.4 Å². The molecule has 0 aliphatic carbocycles. The summed E-state index contributed by atoms with van der Waals surface area (Å²) in [5.41, 5.74) is 2.54. The molecule has 0 aliphatic heterocycles. The van der Waals surface area contributed by atoms with E-state index >= 15 is 0 Å². The molecule has 1 aromatic carbocycles. The molecule has 1 aromatic heterocycles. The third-order valence-electron chi connectivity index (χ3n) is 2.75.